The van der Waals surface area contributed by atoms with Crippen LogP contribution in [-0.2, 0) is 32.5 Å². The van der Waals surface area contributed by atoms with E-state index in [-0.39, 0.29) is 144 Å². The molecule has 0 bridgehead atoms. The summed E-state index contributed by atoms with van der Waals surface area (Å²) in [5.41, 5.74) is 21.3. The van der Waals surface area contributed by atoms with Gasteiger partial charge in [0.2, 0.25) is 0 Å². The van der Waals surface area contributed by atoms with Gasteiger partial charge in [0.25, 0.3) is 0 Å². The Hall–Kier alpha value is -13.6. The lowest BCUT2D eigenvalue weighted by Crippen LogP contribution is -2.13. The van der Waals surface area contributed by atoms with Crippen LogP contribution in [-0.4, -0.2) is 0 Å². The van der Waals surface area contributed by atoms with Crippen molar-refractivity contribution in [2.24, 2.45) is 0 Å². The lowest BCUT2D eigenvalue weighted by molar-refractivity contribution is 0.574. The summed E-state index contributed by atoms with van der Waals surface area (Å²) in [6, 6.07) is 96.2. The molecule has 0 saturated heterocycles. The van der Waals surface area contributed by atoms with Gasteiger partial charge in [-0.3, -0.25) is 0 Å². The van der Waals surface area contributed by atoms with Gasteiger partial charge in [-0.15, -0.1) is 45.3 Å². The van der Waals surface area contributed by atoms with Crippen molar-refractivity contribution in [3.8, 4) is 66.8 Å². The molecule has 0 amide bonds. The quantitative estimate of drug-likeness (QED) is 0.166. The van der Waals surface area contributed by atoms with Crippen molar-refractivity contribution in [3.63, 3.8) is 0 Å². The second-order valence-corrected chi connectivity index (χ2v) is 47.3. The Morgan fingerprint density at radius 2 is 0.479 bits per heavy atom. The zero-order valence-electron chi connectivity index (χ0n) is 101. The van der Waals surface area contributed by atoms with Gasteiger partial charge in [-0.1, -0.05) is 477 Å². The van der Waals surface area contributed by atoms with Crippen LogP contribution in [0.25, 0.3) is 191 Å². The summed E-state index contributed by atoms with van der Waals surface area (Å²) in [4.78, 5) is 0. The highest BCUT2D eigenvalue weighted by Crippen LogP contribution is 2.53. The molecule has 24 aromatic rings. The van der Waals surface area contributed by atoms with E-state index in [1.165, 1.54) is 114 Å². The van der Waals surface area contributed by atoms with E-state index in [4.69, 9.17) is 30.8 Å². The molecule has 0 saturated carbocycles. The second-order valence-electron chi connectivity index (χ2n) is 43.0. The van der Waals surface area contributed by atoms with Crippen molar-refractivity contribution in [2.45, 2.75) is 200 Å². The minimum atomic E-state index is -0.308. The third-order valence-electron chi connectivity index (χ3n) is 26.0. The van der Waals surface area contributed by atoms with Gasteiger partial charge in [0.15, 0.2) is 0 Å². The lowest BCUT2D eigenvalue weighted by atomic mass is 9.79. The fraction of sp³-hybridized carbons (Fsp3) is 0.217. The third kappa shape index (κ3) is 20.6. The number of para-hydroxylation sites is 2. The second kappa shape index (κ2) is 40.9. The van der Waals surface area contributed by atoms with Gasteiger partial charge >= 0.3 is 0 Å². The molecule has 724 valence electrons. The van der Waals surface area contributed by atoms with E-state index in [9.17, 15) is 0 Å². The number of benzene rings is 18. The molecular weight excluding hydrogens is 1820 g/mol. The minimum absolute atomic E-state index is 0. The highest BCUT2D eigenvalue weighted by molar-refractivity contribution is 7.27. The molecule has 0 aliphatic carbocycles. The highest BCUT2D eigenvalue weighted by Gasteiger charge is 2.32. The maximum Gasteiger partial charge on any atom is 0.139 e. The first-order valence-corrected chi connectivity index (χ1v) is 52.0. The summed E-state index contributed by atoms with van der Waals surface area (Å²) in [7, 11) is 0. The number of fused-ring (bicyclic) bond motifs is 18. The molecule has 0 aliphatic heterocycles. The maximum atomic E-state index is 8.63. The van der Waals surface area contributed by atoms with Gasteiger partial charge in [-0.25, -0.2) is 0 Å². The molecular formula is C138H136O2S4. The Bertz CT molecular complexity index is 9340. The Labute approximate surface area is 892 Å². The predicted molar refractivity (Wildman–Crippen MR) is 642 cm³/mol. The van der Waals surface area contributed by atoms with Crippen LogP contribution in [0.15, 0.2) is 385 Å². The molecule has 6 heterocycles. The van der Waals surface area contributed by atoms with Crippen LogP contribution in [0.4, 0.5) is 0 Å². The first-order chi connectivity index (χ1) is 74.6. The Balaban J connectivity index is 0.000000129. The zero-order chi connectivity index (χ0) is 114. The third-order valence-corrected chi connectivity index (χ3v) is 30.7. The van der Waals surface area contributed by atoms with E-state index in [0.29, 0.717) is 44.5 Å². The predicted octanol–water partition coefficient (Wildman–Crippen LogP) is 43.7. The lowest BCUT2D eigenvalue weighted by Gasteiger charge is -2.25. The van der Waals surface area contributed by atoms with Crippen molar-refractivity contribution in [2.75, 3.05) is 0 Å². The summed E-state index contributed by atoms with van der Waals surface area (Å²) in [5, 5.41) is 14.4. The van der Waals surface area contributed by atoms with Crippen molar-refractivity contribution < 1.29 is 30.8 Å². The molecule has 0 N–H and O–H groups in total. The largest absolute Gasteiger partial charge is 0.456 e. The summed E-state index contributed by atoms with van der Waals surface area (Å²) in [6.07, 6.45) is 0. The molecule has 2 nitrogen and oxygen atoms in total. The highest BCUT2D eigenvalue weighted by atomic mass is 32.1. The molecule has 6 heteroatoms. The summed E-state index contributed by atoms with van der Waals surface area (Å²) in [6.45, 7) is 46.1. The van der Waals surface area contributed by atoms with Crippen molar-refractivity contribution >= 4 is 170 Å². The average molecular weight is 1970 g/mol. The smallest absolute Gasteiger partial charge is 0.139 e. The molecule has 0 fully saturated rings. The van der Waals surface area contributed by atoms with Crippen LogP contribution in [0.3, 0.4) is 0 Å². The Kier molecular flexibility index (Phi) is 23.5. The molecule has 0 unspecified atom stereocenters. The van der Waals surface area contributed by atoms with E-state index in [0.717, 1.165) is 88.4 Å². The first-order valence-electron chi connectivity index (χ1n) is 56.7. The van der Waals surface area contributed by atoms with Gasteiger partial charge in [-0.2, -0.15) is 0 Å². The number of furan rings is 2. The molecule has 24 rings (SSSR count). The van der Waals surface area contributed by atoms with Gasteiger partial charge < -0.3 is 8.83 Å². The fourth-order valence-corrected chi connectivity index (χ4v) is 25.4. The number of hydrogen-bond donors (Lipinski definition) is 0. The van der Waals surface area contributed by atoms with E-state index in [1.54, 1.807) is 50.4 Å². The van der Waals surface area contributed by atoms with Gasteiger partial charge in [0.1, 0.15) is 22.3 Å². The summed E-state index contributed by atoms with van der Waals surface area (Å²) >= 11 is 7.31. The van der Waals surface area contributed by atoms with Crippen LogP contribution in [0.1, 0.15) is 217 Å². The number of hydrogen-bond acceptors (Lipinski definition) is 6. The van der Waals surface area contributed by atoms with Crippen molar-refractivity contribution in [3.05, 3.63) is 431 Å². The van der Waals surface area contributed by atoms with Crippen LogP contribution in [0.2, 0.25) is 0 Å². The minimum Gasteiger partial charge on any atom is -0.456 e. The fourth-order valence-electron chi connectivity index (χ4n) is 20.2. The standard InChI is InChI=1S/2C23H22O.2C23H22S.2C22H20S.2CH4/c1-15-8-7-9-16(14-15)17-12-13-19-18-10-5-6-11-20(18)24-22(19)21(17)23(2,3)4;1-15-8-7-9-16(14-15)17-12-13-20-21(22(17)23(2,3)4)18-10-5-6-11-19(18)24-20;1-15-8-7-9-16(14-15)17-12-13-19-18-10-5-6-11-20(18)24-22(19)21(17)23(2,3)4;1-15-8-7-9-16(14-15)17-12-13-20-21(22(17)23(2,3)4)18-10-5-6-11-19(18)24-20;1-22(2,3)20-16(15-9-5-4-6-10-15)13-14-18-17-11-7-8-12-19(17)23-21(18)20;1-22(2,3)21-16(15-9-5-4-6-10-15)13-14-19-20(21)17-11-7-8-12-18(17)23-19;;/h4*5-14H,1-4H3;2*4-14H,1-3H3;2*1H4/i4*7D,8D,9D,14D;;;;. The number of rotatable bonds is 6. The first kappa shape index (κ1) is 82.8. The average Bonchev–Trinajstić information content (AvgIpc) is 1.48. The molecule has 0 atom stereocenters. The normalized spacial score (nSPS) is 13.5. The Morgan fingerprint density at radius 1 is 0.201 bits per heavy atom. The SMILES string of the molecule is C.C.CC(C)(C)c1c(-c2ccccc2)ccc2c1sc1ccccc12.CC(C)(C)c1c(-c2ccccc2)ccc2sc3ccccc3c12.[2H]c1c([2H])c(C)c([2H])c(-c2ccc3c(oc4ccccc43)c2C(C)(C)C)c1[2H].[2H]c1c([2H])c(C)c([2H])c(-c2ccc3c(sc4ccccc43)c2C(C)(C)C)c1[2H].[2H]c1c([2H])c(C)c([2H])c(-c2ccc3oc4ccccc4c3c2C(C)(C)C)c1[2H].[2H]c1c([2H])c(C)c([2H])c(-c2ccc3sc4ccccc4c3c2C(C)(C)C)c1[2H]. The van der Waals surface area contributed by atoms with Crippen molar-refractivity contribution in [1.29, 1.82) is 0 Å². The van der Waals surface area contributed by atoms with E-state index >= 15 is 0 Å². The van der Waals surface area contributed by atoms with Crippen LogP contribution in [0.5, 0.6) is 0 Å². The summed E-state index contributed by atoms with van der Waals surface area (Å²) < 4.78 is 156. The molecule has 6 aromatic heterocycles. The Morgan fingerprint density at radius 3 is 0.861 bits per heavy atom. The molecule has 0 aliphatic rings. The van der Waals surface area contributed by atoms with E-state index < -0.39 is 0 Å². The number of thiophene rings is 4. The van der Waals surface area contributed by atoms with Crippen LogP contribution >= 0.6 is 45.3 Å². The topological polar surface area (TPSA) is 26.3 Å². The molecule has 144 heavy (non-hydrogen) atoms. The molecule has 18 aromatic carbocycles. The van der Waals surface area contributed by atoms with Crippen molar-refractivity contribution in [1.82, 2.24) is 0 Å². The molecule has 0 spiro atoms. The van der Waals surface area contributed by atoms with E-state index in [2.05, 4.69) is 294 Å². The van der Waals surface area contributed by atoms with Crippen LogP contribution in [0, 0.1) is 27.7 Å². The zero-order valence-corrected chi connectivity index (χ0v) is 88.3. The maximum absolute atomic E-state index is 8.63. The van der Waals surface area contributed by atoms with Gasteiger partial charge in [0.05, 0.1) is 21.9 Å². The summed E-state index contributed by atoms with van der Waals surface area (Å²) in [5.74, 6) is 0. The van der Waals surface area contributed by atoms with Gasteiger partial charge in [-0.05, 0) is 215 Å². The molecule has 0 radical (unpaired) electrons. The van der Waals surface area contributed by atoms with E-state index in [1.807, 2.05) is 132 Å². The van der Waals surface area contributed by atoms with Crippen LogP contribution < -0.4 is 0 Å². The van der Waals surface area contributed by atoms with Gasteiger partial charge in [0, 0.05) is 108 Å². The monoisotopic (exact) mass is 1970 g/mol.